The van der Waals surface area contributed by atoms with Crippen molar-refractivity contribution < 1.29 is 27.8 Å². The summed E-state index contributed by atoms with van der Waals surface area (Å²) in [7, 11) is 3.09. The van der Waals surface area contributed by atoms with Gasteiger partial charge >= 0.3 is 6.61 Å². The zero-order valence-electron chi connectivity index (χ0n) is 18.6. The molecule has 0 aromatic heterocycles. The van der Waals surface area contributed by atoms with Crippen molar-refractivity contribution in [1.82, 2.24) is 4.90 Å². The van der Waals surface area contributed by atoms with Crippen molar-refractivity contribution in [2.24, 2.45) is 0 Å². The summed E-state index contributed by atoms with van der Waals surface area (Å²) < 4.78 is 34.6. The molecule has 0 bridgehead atoms. The lowest BCUT2D eigenvalue weighted by Crippen LogP contribution is -2.30. The second kappa shape index (κ2) is 11.6. The molecule has 3 aromatic carbocycles. The van der Waals surface area contributed by atoms with Crippen molar-refractivity contribution in [3.63, 3.8) is 0 Å². The number of methoxy groups -OCH3 is 1. The van der Waals surface area contributed by atoms with E-state index in [0.717, 1.165) is 5.56 Å². The van der Waals surface area contributed by atoms with E-state index in [0.29, 0.717) is 22.8 Å². The smallest absolute Gasteiger partial charge is 0.387 e. The minimum Gasteiger partial charge on any atom is -0.493 e. The first-order chi connectivity index (χ1) is 16.3. The Hall–Kier alpha value is -3.49. The van der Waals surface area contributed by atoms with Crippen LogP contribution in [-0.2, 0) is 11.3 Å². The van der Waals surface area contributed by atoms with Crippen molar-refractivity contribution in [2.45, 2.75) is 13.2 Å². The van der Waals surface area contributed by atoms with Gasteiger partial charge in [-0.05, 0) is 42.9 Å². The van der Waals surface area contributed by atoms with E-state index in [1.54, 1.807) is 60.5 Å². The Balaban J connectivity index is 1.67. The topological polar surface area (TPSA) is 67.9 Å². The number of alkyl halides is 2. The van der Waals surface area contributed by atoms with Gasteiger partial charge in [-0.25, -0.2) is 0 Å². The van der Waals surface area contributed by atoms with Gasteiger partial charge in [0.05, 0.1) is 19.3 Å². The van der Waals surface area contributed by atoms with Crippen LogP contribution < -0.4 is 14.8 Å². The molecule has 0 aliphatic heterocycles. The van der Waals surface area contributed by atoms with E-state index in [4.69, 9.17) is 16.3 Å². The number of hydrogen-bond donors (Lipinski definition) is 1. The number of benzene rings is 3. The number of hydrogen-bond acceptors (Lipinski definition) is 5. The van der Waals surface area contributed by atoms with Crippen LogP contribution in [0.5, 0.6) is 11.5 Å². The van der Waals surface area contributed by atoms with Gasteiger partial charge in [0.15, 0.2) is 17.3 Å². The summed E-state index contributed by atoms with van der Waals surface area (Å²) in [5.74, 6) is -0.498. The molecule has 0 saturated heterocycles. The number of amides is 1. The first-order valence-electron chi connectivity index (χ1n) is 10.3. The van der Waals surface area contributed by atoms with Crippen LogP contribution in [-0.4, -0.2) is 43.9 Å². The molecule has 0 radical (unpaired) electrons. The van der Waals surface area contributed by atoms with E-state index in [2.05, 4.69) is 10.1 Å². The van der Waals surface area contributed by atoms with Crippen molar-refractivity contribution >= 4 is 29.0 Å². The van der Waals surface area contributed by atoms with Crippen molar-refractivity contribution in [3.05, 3.63) is 88.4 Å². The molecule has 1 N–H and O–H groups in total. The number of nitrogens with zero attached hydrogens (tertiary/aromatic N) is 1. The van der Waals surface area contributed by atoms with Gasteiger partial charge in [0.2, 0.25) is 5.91 Å². The Kier molecular flexibility index (Phi) is 8.56. The summed E-state index contributed by atoms with van der Waals surface area (Å²) in [6.07, 6.45) is 0. The first kappa shape index (κ1) is 25.1. The molecular formula is C25H23ClF2N2O4. The van der Waals surface area contributed by atoms with Gasteiger partial charge < -0.3 is 14.8 Å². The molecule has 34 heavy (non-hydrogen) atoms. The Labute approximate surface area is 201 Å². The zero-order valence-corrected chi connectivity index (χ0v) is 19.3. The van der Waals surface area contributed by atoms with Gasteiger partial charge in [-0.2, -0.15) is 8.78 Å². The maximum absolute atomic E-state index is 12.9. The molecule has 9 heteroatoms. The van der Waals surface area contributed by atoms with Crippen LogP contribution in [0.3, 0.4) is 0 Å². The molecule has 0 heterocycles. The van der Waals surface area contributed by atoms with Crippen LogP contribution in [0.15, 0.2) is 66.7 Å². The number of nitrogens with one attached hydrogen (secondary N) is 1. The summed E-state index contributed by atoms with van der Waals surface area (Å²) in [6.45, 7) is -2.60. The standard InChI is InChI=1S/C25H23ClF2N2O4/c1-30(14-16-8-11-21(34-25(27)28)22(12-16)33-2)15-23(31)29-20-10-9-18(26)13-19(20)24(32)17-6-4-3-5-7-17/h3-13,25H,14-15H2,1-2H3,(H,29,31). The second-order valence-corrected chi connectivity index (χ2v) is 7.91. The summed E-state index contributed by atoms with van der Waals surface area (Å²) in [5, 5.41) is 3.15. The summed E-state index contributed by atoms with van der Waals surface area (Å²) in [4.78, 5) is 27.3. The number of ketones is 1. The fourth-order valence-electron chi connectivity index (χ4n) is 3.36. The van der Waals surface area contributed by atoms with Gasteiger partial charge in [0, 0.05) is 22.7 Å². The zero-order chi connectivity index (χ0) is 24.7. The lowest BCUT2D eigenvalue weighted by Gasteiger charge is -2.18. The molecule has 3 rings (SSSR count). The summed E-state index contributed by atoms with van der Waals surface area (Å²) in [6, 6.07) is 18.0. The second-order valence-electron chi connectivity index (χ2n) is 7.47. The number of halogens is 3. The Morgan fingerprint density at radius 1 is 1.03 bits per heavy atom. The largest absolute Gasteiger partial charge is 0.493 e. The number of ether oxygens (including phenoxy) is 2. The third kappa shape index (κ3) is 6.76. The quantitative estimate of drug-likeness (QED) is 0.395. The maximum atomic E-state index is 12.9. The molecule has 3 aromatic rings. The molecule has 6 nitrogen and oxygen atoms in total. The van der Waals surface area contributed by atoms with E-state index in [9.17, 15) is 18.4 Å². The van der Waals surface area contributed by atoms with E-state index in [-0.39, 0.29) is 35.3 Å². The number of anilines is 1. The molecular weight excluding hydrogens is 466 g/mol. The Bertz CT molecular complexity index is 1160. The average molecular weight is 489 g/mol. The molecule has 178 valence electrons. The van der Waals surface area contributed by atoms with Gasteiger partial charge in [0.25, 0.3) is 0 Å². The minimum absolute atomic E-state index is 0.0131. The van der Waals surface area contributed by atoms with Crippen LogP contribution >= 0.6 is 11.6 Å². The average Bonchev–Trinajstić information content (AvgIpc) is 2.80. The molecule has 0 atom stereocenters. The highest BCUT2D eigenvalue weighted by Gasteiger charge is 2.17. The maximum Gasteiger partial charge on any atom is 0.387 e. The summed E-state index contributed by atoms with van der Waals surface area (Å²) in [5.41, 5.74) is 1.85. The van der Waals surface area contributed by atoms with Crippen LogP contribution in [0, 0.1) is 0 Å². The third-order valence-corrected chi connectivity index (χ3v) is 5.08. The van der Waals surface area contributed by atoms with E-state index < -0.39 is 6.61 Å². The summed E-state index contributed by atoms with van der Waals surface area (Å²) >= 11 is 6.09. The predicted octanol–water partition coefficient (Wildman–Crippen LogP) is 5.25. The van der Waals surface area contributed by atoms with E-state index >= 15 is 0 Å². The highest BCUT2D eigenvalue weighted by atomic mass is 35.5. The Morgan fingerprint density at radius 3 is 2.44 bits per heavy atom. The number of rotatable bonds is 10. The van der Waals surface area contributed by atoms with Gasteiger partial charge in [-0.3, -0.25) is 14.5 Å². The monoisotopic (exact) mass is 488 g/mol. The highest BCUT2D eigenvalue weighted by molar-refractivity contribution is 6.31. The van der Waals surface area contributed by atoms with Crippen LogP contribution in [0.1, 0.15) is 21.5 Å². The highest BCUT2D eigenvalue weighted by Crippen LogP contribution is 2.30. The molecule has 1 amide bonds. The van der Waals surface area contributed by atoms with Crippen molar-refractivity contribution in [2.75, 3.05) is 26.0 Å². The van der Waals surface area contributed by atoms with Crippen molar-refractivity contribution in [3.8, 4) is 11.5 Å². The molecule has 0 saturated carbocycles. The van der Waals surface area contributed by atoms with Gasteiger partial charge in [-0.15, -0.1) is 0 Å². The lowest BCUT2D eigenvalue weighted by atomic mass is 10.0. The van der Waals surface area contributed by atoms with Crippen LogP contribution in [0.2, 0.25) is 5.02 Å². The number of likely N-dealkylation sites (N-methyl/N-ethyl adjacent to an activating group) is 1. The normalized spacial score (nSPS) is 10.9. The Morgan fingerprint density at radius 2 is 1.76 bits per heavy atom. The van der Waals surface area contributed by atoms with E-state index in [1.165, 1.54) is 19.2 Å². The van der Waals surface area contributed by atoms with Crippen LogP contribution in [0.25, 0.3) is 0 Å². The minimum atomic E-state index is -2.96. The van der Waals surface area contributed by atoms with Gasteiger partial charge in [-0.1, -0.05) is 48.0 Å². The molecule has 0 fully saturated rings. The number of carbonyl (C=O) groups excluding carboxylic acids is 2. The molecule has 0 aliphatic carbocycles. The third-order valence-electron chi connectivity index (χ3n) is 4.85. The van der Waals surface area contributed by atoms with E-state index in [1.807, 2.05) is 6.07 Å². The molecule has 0 aliphatic rings. The van der Waals surface area contributed by atoms with Gasteiger partial charge in [0.1, 0.15) is 0 Å². The van der Waals surface area contributed by atoms with Crippen molar-refractivity contribution in [1.29, 1.82) is 0 Å². The first-order valence-corrected chi connectivity index (χ1v) is 10.6. The lowest BCUT2D eigenvalue weighted by molar-refractivity contribution is -0.117. The van der Waals surface area contributed by atoms with Crippen LogP contribution in [0.4, 0.5) is 14.5 Å². The number of carbonyl (C=O) groups is 2. The fourth-order valence-corrected chi connectivity index (χ4v) is 3.54. The fraction of sp³-hybridized carbons (Fsp3) is 0.200. The molecule has 0 spiro atoms. The molecule has 0 unspecified atom stereocenters. The predicted molar refractivity (Wildman–Crippen MR) is 126 cm³/mol. The SMILES string of the molecule is COc1cc(CN(C)CC(=O)Nc2ccc(Cl)cc2C(=O)c2ccccc2)ccc1OC(F)F.